The molecule has 0 saturated carbocycles. The van der Waals surface area contributed by atoms with Crippen molar-refractivity contribution < 1.29 is 8.42 Å². The number of aromatic nitrogens is 2. The van der Waals surface area contributed by atoms with Crippen LogP contribution in [-0.2, 0) is 10.2 Å². The third-order valence-electron chi connectivity index (χ3n) is 2.16. The van der Waals surface area contributed by atoms with E-state index in [9.17, 15) is 8.42 Å². The van der Waals surface area contributed by atoms with Crippen LogP contribution in [0.3, 0.4) is 0 Å². The highest BCUT2D eigenvalue weighted by molar-refractivity contribution is 7.87. The van der Waals surface area contributed by atoms with Gasteiger partial charge >= 0.3 is 10.2 Å². The third kappa shape index (κ3) is 1.51. The Morgan fingerprint density at radius 3 is 2.73 bits per heavy atom. The molecular formula is C9H11N3O2S. The lowest BCUT2D eigenvalue weighted by Crippen LogP contribution is -2.28. The molecule has 0 unspecified atom stereocenters. The minimum atomic E-state index is -3.44. The lowest BCUT2D eigenvalue weighted by Gasteiger charge is -2.12. The number of hydrogen-bond acceptors (Lipinski definition) is 3. The predicted octanol–water partition coefficient (Wildman–Crippen LogP) is 0.691. The first-order chi connectivity index (χ1) is 7.03. The zero-order valence-electron chi connectivity index (χ0n) is 8.45. The topological polar surface area (TPSA) is 55.2 Å². The Morgan fingerprint density at radius 1 is 1.33 bits per heavy atom. The maximum Gasteiger partial charge on any atom is 0.307 e. The minimum absolute atomic E-state index is 0.638. The first kappa shape index (κ1) is 10.1. The van der Waals surface area contributed by atoms with E-state index in [1.807, 2.05) is 0 Å². The molecule has 0 saturated heterocycles. The Bertz CT molecular complexity index is 586. The summed E-state index contributed by atoms with van der Waals surface area (Å²) in [6.45, 7) is 0. The molecule has 0 bridgehead atoms. The fourth-order valence-electron chi connectivity index (χ4n) is 1.33. The molecule has 0 fully saturated rings. The van der Waals surface area contributed by atoms with Crippen molar-refractivity contribution in [2.45, 2.75) is 0 Å². The van der Waals surface area contributed by atoms with Gasteiger partial charge in [0.15, 0.2) is 0 Å². The van der Waals surface area contributed by atoms with Gasteiger partial charge in [0.05, 0.1) is 5.52 Å². The van der Waals surface area contributed by atoms with Crippen LogP contribution in [0.25, 0.3) is 10.9 Å². The zero-order chi connectivity index (χ0) is 11.1. The smallest absolute Gasteiger partial charge is 0.264 e. The molecule has 2 heterocycles. The average molecular weight is 225 g/mol. The monoisotopic (exact) mass is 225 g/mol. The standard InChI is InChI=1S/C9H11N3O2S/c1-11(2)15(13,14)12-6-4-8-7-10-5-3-9(8)12/h3-7H,1-2H3. The van der Waals surface area contributed by atoms with Crippen LogP contribution >= 0.6 is 0 Å². The highest BCUT2D eigenvalue weighted by atomic mass is 32.2. The van der Waals surface area contributed by atoms with Gasteiger partial charge in [-0.1, -0.05) is 0 Å². The van der Waals surface area contributed by atoms with Crippen LogP contribution in [0, 0.1) is 0 Å². The minimum Gasteiger partial charge on any atom is -0.264 e. The van der Waals surface area contributed by atoms with Gasteiger partial charge < -0.3 is 0 Å². The van der Waals surface area contributed by atoms with Crippen LogP contribution in [0.5, 0.6) is 0 Å². The van der Waals surface area contributed by atoms with Crippen molar-refractivity contribution in [3.8, 4) is 0 Å². The predicted molar refractivity (Wildman–Crippen MR) is 57.7 cm³/mol. The maximum atomic E-state index is 11.9. The lowest BCUT2D eigenvalue weighted by molar-refractivity contribution is 0.512. The number of hydrogen-bond donors (Lipinski definition) is 0. The molecule has 15 heavy (non-hydrogen) atoms. The van der Waals surface area contributed by atoms with E-state index in [0.29, 0.717) is 5.52 Å². The van der Waals surface area contributed by atoms with Gasteiger partial charge in [-0.15, -0.1) is 0 Å². The van der Waals surface area contributed by atoms with Crippen molar-refractivity contribution >= 4 is 21.1 Å². The maximum absolute atomic E-state index is 11.9. The van der Waals surface area contributed by atoms with Crippen LogP contribution in [0.4, 0.5) is 0 Å². The molecular weight excluding hydrogens is 214 g/mol. The molecule has 0 atom stereocenters. The zero-order valence-corrected chi connectivity index (χ0v) is 9.27. The molecule has 0 amide bonds. The van der Waals surface area contributed by atoms with Gasteiger partial charge in [-0.05, 0) is 12.1 Å². The molecule has 0 aliphatic heterocycles. The SMILES string of the molecule is CN(C)S(=O)(=O)n1ccc2cnccc21. The van der Waals surface area contributed by atoms with E-state index < -0.39 is 10.2 Å². The molecule has 0 aromatic carbocycles. The highest BCUT2D eigenvalue weighted by Gasteiger charge is 2.17. The second-order valence-corrected chi connectivity index (χ2v) is 5.36. The second-order valence-electron chi connectivity index (χ2n) is 3.34. The van der Waals surface area contributed by atoms with Gasteiger partial charge in [0.2, 0.25) is 0 Å². The molecule has 0 aliphatic rings. The van der Waals surface area contributed by atoms with Gasteiger partial charge in [0, 0.05) is 38.1 Å². The molecule has 5 nitrogen and oxygen atoms in total. The number of nitrogens with zero attached hydrogens (tertiary/aromatic N) is 3. The Hall–Kier alpha value is -1.40. The second kappa shape index (κ2) is 3.32. The van der Waals surface area contributed by atoms with E-state index in [1.165, 1.54) is 28.6 Å². The van der Waals surface area contributed by atoms with Crippen LogP contribution < -0.4 is 0 Å². The van der Waals surface area contributed by atoms with Crippen LogP contribution in [0.15, 0.2) is 30.7 Å². The summed E-state index contributed by atoms with van der Waals surface area (Å²) in [5, 5.41) is 0.808. The van der Waals surface area contributed by atoms with E-state index in [-0.39, 0.29) is 0 Å². The molecule has 0 N–H and O–H groups in total. The Kier molecular flexibility index (Phi) is 2.24. The Balaban J connectivity index is 2.74. The fraction of sp³-hybridized carbons (Fsp3) is 0.222. The van der Waals surface area contributed by atoms with Crippen molar-refractivity contribution in [1.29, 1.82) is 0 Å². The van der Waals surface area contributed by atoms with E-state index in [4.69, 9.17) is 0 Å². The molecule has 0 radical (unpaired) electrons. The van der Waals surface area contributed by atoms with Gasteiger partial charge in [-0.2, -0.15) is 12.7 Å². The van der Waals surface area contributed by atoms with Crippen molar-refractivity contribution in [2.75, 3.05) is 14.1 Å². The van der Waals surface area contributed by atoms with Gasteiger partial charge in [0.25, 0.3) is 0 Å². The first-order valence-electron chi connectivity index (χ1n) is 4.37. The fourth-order valence-corrected chi connectivity index (χ4v) is 2.32. The molecule has 0 aliphatic carbocycles. The van der Waals surface area contributed by atoms with Crippen LogP contribution in [0.1, 0.15) is 0 Å². The lowest BCUT2D eigenvalue weighted by atomic mass is 10.3. The van der Waals surface area contributed by atoms with Crippen LogP contribution in [-0.4, -0.2) is 35.8 Å². The van der Waals surface area contributed by atoms with Crippen molar-refractivity contribution in [2.24, 2.45) is 0 Å². The first-order valence-corrected chi connectivity index (χ1v) is 5.77. The summed E-state index contributed by atoms with van der Waals surface area (Å²) in [5.41, 5.74) is 0.638. The summed E-state index contributed by atoms with van der Waals surface area (Å²) in [4.78, 5) is 3.93. The molecule has 2 rings (SSSR count). The van der Waals surface area contributed by atoms with Gasteiger partial charge in [0.1, 0.15) is 0 Å². The summed E-state index contributed by atoms with van der Waals surface area (Å²) >= 11 is 0. The van der Waals surface area contributed by atoms with E-state index in [2.05, 4.69) is 4.98 Å². The van der Waals surface area contributed by atoms with Gasteiger partial charge in [-0.25, -0.2) is 3.97 Å². The quantitative estimate of drug-likeness (QED) is 0.755. The van der Waals surface area contributed by atoms with Crippen molar-refractivity contribution in [3.05, 3.63) is 30.7 Å². The summed E-state index contributed by atoms with van der Waals surface area (Å²) in [6, 6.07) is 3.40. The molecule has 0 spiro atoms. The highest BCUT2D eigenvalue weighted by Crippen LogP contribution is 2.16. The number of pyridine rings is 1. The Labute approximate surface area is 88.1 Å². The van der Waals surface area contributed by atoms with Crippen molar-refractivity contribution in [1.82, 2.24) is 13.3 Å². The summed E-state index contributed by atoms with van der Waals surface area (Å²) in [6.07, 6.45) is 4.74. The number of rotatable bonds is 2. The van der Waals surface area contributed by atoms with E-state index in [0.717, 1.165) is 5.39 Å². The largest absolute Gasteiger partial charge is 0.307 e. The molecule has 80 valence electrons. The molecule has 2 aromatic rings. The normalized spacial score (nSPS) is 12.5. The van der Waals surface area contributed by atoms with Gasteiger partial charge in [-0.3, -0.25) is 4.98 Å². The summed E-state index contributed by atoms with van der Waals surface area (Å²) in [5.74, 6) is 0. The Morgan fingerprint density at radius 2 is 2.07 bits per heavy atom. The number of fused-ring (bicyclic) bond motifs is 1. The summed E-state index contributed by atoms with van der Waals surface area (Å²) in [7, 11) is -0.433. The third-order valence-corrected chi connectivity index (χ3v) is 3.90. The van der Waals surface area contributed by atoms with Crippen LogP contribution in [0.2, 0.25) is 0 Å². The van der Waals surface area contributed by atoms with E-state index >= 15 is 0 Å². The molecule has 2 aromatic heterocycles. The van der Waals surface area contributed by atoms with E-state index in [1.54, 1.807) is 24.5 Å². The van der Waals surface area contributed by atoms with Crippen molar-refractivity contribution in [3.63, 3.8) is 0 Å². The average Bonchev–Trinajstić information content (AvgIpc) is 2.61. The molecule has 6 heteroatoms. The summed E-state index contributed by atoms with van der Waals surface area (Å²) < 4.78 is 26.2.